The number of para-hydroxylation sites is 1. The number of rotatable bonds is 3. The second-order valence-corrected chi connectivity index (χ2v) is 7.73. The van der Waals surface area contributed by atoms with Gasteiger partial charge in [-0.15, -0.1) is 11.8 Å². The van der Waals surface area contributed by atoms with Gasteiger partial charge in [0.2, 0.25) is 11.8 Å². The maximum atomic E-state index is 12.4. The molecule has 7 heteroatoms. The molecule has 0 aromatic heterocycles. The van der Waals surface area contributed by atoms with Crippen LogP contribution in [0.5, 0.6) is 0 Å². The van der Waals surface area contributed by atoms with E-state index in [1.165, 1.54) is 0 Å². The lowest BCUT2D eigenvalue weighted by Crippen LogP contribution is -2.49. The first kappa shape index (κ1) is 16.8. The number of halogens is 1. The monoisotopic (exact) mass is 397 g/mol. The van der Waals surface area contributed by atoms with Gasteiger partial charge in [0.1, 0.15) is 0 Å². The van der Waals surface area contributed by atoms with Crippen LogP contribution in [-0.2, 0) is 9.59 Å². The molecule has 2 aliphatic rings. The summed E-state index contributed by atoms with van der Waals surface area (Å²) in [7, 11) is 0. The van der Waals surface area contributed by atoms with Gasteiger partial charge in [-0.05, 0) is 40.9 Å². The van der Waals surface area contributed by atoms with E-state index in [0.29, 0.717) is 13.1 Å². The summed E-state index contributed by atoms with van der Waals surface area (Å²) in [6.07, 6.45) is 1.45. The predicted molar refractivity (Wildman–Crippen MR) is 96.3 cm³/mol. The quantitative estimate of drug-likeness (QED) is 0.821. The number of piperidine rings is 1. The molecule has 124 valence electrons. The minimum absolute atomic E-state index is 0.0305. The number of anilines is 1. The van der Waals surface area contributed by atoms with Crippen molar-refractivity contribution in [3.8, 4) is 0 Å². The van der Waals surface area contributed by atoms with Gasteiger partial charge in [-0.2, -0.15) is 0 Å². The molecule has 2 saturated heterocycles. The fourth-order valence-electron chi connectivity index (χ4n) is 2.93. The van der Waals surface area contributed by atoms with Crippen molar-refractivity contribution in [1.29, 1.82) is 0 Å². The van der Waals surface area contributed by atoms with Crippen molar-refractivity contribution in [1.82, 2.24) is 10.2 Å². The van der Waals surface area contributed by atoms with E-state index < -0.39 is 0 Å². The number of likely N-dealkylation sites (tertiary alicyclic amines) is 1. The standard InChI is InChI=1S/C16H20BrN3O2S/c17-12-3-1-2-4-13(12)19-15(21)11-5-7-20(8-6-11)16(22)14-9-23-10-18-14/h1-4,11,14,18H,5-10H2,(H,19,21). The van der Waals surface area contributed by atoms with Gasteiger partial charge >= 0.3 is 0 Å². The fraction of sp³-hybridized carbons (Fsp3) is 0.500. The van der Waals surface area contributed by atoms with Gasteiger partial charge in [0.15, 0.2) is 0 Å². The normalized spacial score (nSPS) is 22.1. The van der Waals surface area contributed by atoms with E-state index >= 15 is 0 Å². The highest BCUT2D eigenvalue weighted by Gasteiger charge is 2.32. The molecule has 0 bridgehead atoms. The number of hydrogen-bond acceptors (Lipinski definition) is 4. The third kappa shape index (κ3) is 4.08. The highest BCUT2D eigenvalue weighted by atomic mass is 79.9. The van der Waals surface area contributed by atoms with Crippen molar-refractivity contribution >= 4 is 45.2 Å². The van der Waals surface area contributed by atoms with Crippen LogP contribution in [0.15, 0.2) is 28.7 Å². The Hall–Kier alpha value is -1.05. The topological polar surface area (TPSA) is 61.4 Å². The Kier molecular flexibility index (Phi) is 5.61. The molecule has 1 unspecified atom stereocenters. The van der Waals surface area contributed by atoms with Gasteiger partial charge < -0.3 is 10.2 Å². The predicted octanol–water partition coefficient (Wildman–Crippen LogP) is 2.29. The van der Waals surface area contributed by atoms with Gasteiger partial charge in [0.25, 0.3) is 0 Å². The number of carbonyl (C=O) groups excluding carboxylic acids is 2. The first-order valence-corrected chi connectivity index (χ1v) is 9.75. The molecule has 2 N–H and O–H groups in total. The van der Waals surface area contributed by atoms with Crippen molar-refractivity contribution in [3.63, 3.8) is 0 Å². The zero-order valence-electron chi connectivity index (χ0n) is 12.8. The van der Waals surface area contributed by atoms with Crippen LogP contribution in [0.2, 0.25) is 0 Å². The minimum Gasteiger partial charge on any atom is -0.341 e. The van der Waals surface area contributed by atoms with Crippen LogP contribution in [0, 0.1) is 5.92 Å². The third-order valence-electron chi connectivity index (χ3n) is 4.32. The van der Waals surface area contributed by atoms with E-state index in [9.17, 15) is 9.59 Å². The molecule has 0 spiro atoms. The summed E-state index contributed by atoms with van der Waals surface area (Å²) in [6, 6.07) is 7.55. The molecule has 2 heterocycles. The fourth-order valence-corrected chi connectivity index (χ4v) is 4.25. The average Bonchev–Trinajstić information content (AvgIpc) is 3.11. The lowest BCUT2D eigenvalue weighted by Gasteiger charge is -2.32. The number of nitrogens with zero attached hydrogens (tertiary/aromatic N) is 1. The van der Waals surface area contributed by atoms with Gasteiger partial charge in [0.05, 0.1) is 11.7 Å². The van der Waals surface area contributed by atoms with Gasteiger partial charge in [-0.3, -0.25) is 14.9 Å². The SMILES string of the molecule is O=C(Nc1ccccc1Br)C1CCN(C(=O)C2CSCN2)CC1. The first-order valence-electron chi connectivity index (χ1n) is 7.80. The van der Waals surface area contributed by atoms with E-state index in [0.717, 1.165) is 34.6 Å². The zero-order valence-corrected chi connectivity index (χ0v) is 15.2. The van der Waals surface area contributed by atoms with E-state index in [2.05, 4.69) is 26.6 Å². The van der Waals surface area contributed by atoms with Crippen molar-refractivity contribution < 1.29 is 9.59 Å². The number of thioether (sulfide) groups is 1. The number of hydrogen-bond donors (Lipinski definition) is 2. The molecule has 0 radical (unpaired) electrons. The highest BCUT2D eigenvalue weighted by Crippen LogP contribution is 2.25. The van der Waals surface area contributed by atoms with Crippen LogP contribution in [0.1, 0.15) is 12.8 Å². The Morgan fingerprint density at radius 3 is 2.65 bits per heavy atom. The maximum absolute atomic E-state index is 12.4. The second kappa shape index (κ2) is 7.68. The Labute approximate surface area is 148 Å². The van der Waals surface area contributed by atoms with Gasteiger partial charge in [-0.1, -0.05) is 12.1 Å². The molecule has 2 amide bonds. The molecular weight excluding hydrogens is 378 g/mol. The van der Waals surface area contributed by atoms with Crippen LogP contribution in [0.25, 0.3) is 0 Å². The maximum Gasteiger partial charge on any atom is 0.240 e. The summed E-state index contributed by atoms with van der Waals surface area (Å²) in [5.74, 6) is 1.89. The molecule has 5 nitrogen and oxygen atoms in total. The summed E-state index contributed by atoms with van der Waals surface area (Å²) >= 11 is 5.19. The first-order chi connectivity index (χ1) is 11.1. The molecule has 1 aromatic rings. The van der Waals surface area contributed by atoms with Crippen molar-refractivity contribution in [2.45, 2.75) is 18.9 Å². The van der Waals surface area contributed by atoms with Gasteiger partial charge in [-0.25, -0.2) is 0 Å². The summed E-state index contributed by atoms with van der Waals surface area (Å²) in [4.78, 5) is 26.7. The van der Waals surface area contributed by atoms with Crippen LogP contribution in [0.4, 0.5) is 5.69 Å². The zero-order chi connectivity index (χ0) is 16.2. The van der Waals surface area contributed by atoms with E-state index in [-0.39, 0.29) is 23.8 Å². The van der Waals surface area contributed by atoms with Gasteiger partial charge in [0, 0.05) is 35.1 Å². The molecule has 2 fully saturated rings. The molecule has 2 aliphatic heterocycles. The molecule has 3 rings (SSSR count). The lowest BCUT2D eigenvalue weighted by atomic mass is 9.95. The van der Waals surface area contributed by atoms with Crippen LogP contribution in [0.3, 0.4) is 0 Å². The molecular formula is C16H20BrN3O2S. The number of amides is 2. The Balaban J connectivity index is 1.51. The molecule has 0 saturated carbocycles. The minimum atomic E-state index is -0.0503. The number of carbonyl (C=O) groups is 2. The molecule has 1 aromatic carbocycles. The molecule has 0 aliphatic carbocycles. The Morgan fingerprint density at radius 1 is 1.26 bits per heavy atom. The summed E-state index contributed by atoms with van der Waals surface area (Å²) < 4.78 is 0.880. The second-order valence-electron chi connectivity index (χ2n) is 5.84. The Bertz CT molecular complexity index is 584. The number of nitrogens with one attached hydrogen (secondary N) is 2. The van der Waals surface area contributed by atoms with E-state index in [1.54, 1.807) is 11.8 Å². The smallest absolute Gasteiger partial charge is 0.240 e. The van der Waals surface area contributed by atoms with Crippen molar-refractivity contribution in [2.75, 3.05) is 30.0 Å². The van der Waals surface area contributed by atoms with Crippen molar-refractivity contribution in [3.05, 3.63) is 28.7 Å². The van der Waals surface area contributed by atoms with Crippen LogP contribution >= 0.6 is 27.7 Å². The third-order valence-corrected chi connectivity index (χ3v) is 5.95. The van der Waals surface area contributed by atoms with Crippen molar-refractivity contribution in [2.24, 2.45) is 5.92 Å². The summed E-state index contributed by atoms with van der Waals surface area (Å²) in [6.45, 7) is 1.32. The highest BCUT2D eigenvalue weighted by molar-refractivity contribution is 9.10. The largest absolute Gasteiger partial charge is 0.341 e. The van der Waals surface area contributed by atoms with E-state index in [1.807, 2.05) is 29.2 Å². The summed E-state index contributed by atoms with van der Waals surface area (Å²) in [5, 5.41) is 6.19. The van der Waals surface area contributed by atoms with Crippen LogP contribution < -0.4 is 10.6 Å². The van der Waals surface area contributed by atoms with E-state index in [4.69, 9.17) is 0 Å². The average molecular weight is 398 g/mol. The number of benzene rings is 1. The lowest BCUT2D eigenvalue weighted by molar-refractivity contribution is -0.135. The molecule has 23 heavy (non-hydrogen) atoms. The molecule has 1 atom stereocenters. The van der Waals surface area contributed by atoms with Crippen LogP contribution in [-0.4, -0.2) is 47.5 Å². The summed E-state index contributed by atoms with van der Waals surface area (Å²) in [5.41, 5.74) is 0.795. The Morgan fingerprint density at radius 2 is 2.00 bits per heavy atom.